The second kappa shape index (κ2) is 2.83. The van der Waals surface area contributed by atoms with Gasteiger partial charge in [0.05, 0.1) is 11.2 Å². The van der Waals surface area contributed by atoms with Gasteiger partial charge >= 0.3 is 0 Å². The van der Waals surface area contributed by atoms with Gasteiger partial charge in [-0.3, -0.25) is 0 Å². The van der Waals surface area contributed by atoms with E-state index in [1.807, 2.05) is 31.2 Å². The van der Waals surface area contributed by atoms with Crippen LogP contribution in [0.1, 0.15) is 5.69 Å². The predicted molar refractivity (Wildman–Crippen MR) is 52.0 cm³/mol. The summed E-state index contributed by atoms with van der Waals surface area (Å²) < 4.78 is 1.07. The molecule has 2 nitrogen and oxygen atoms in total. The van der Waals surface area contributed by atoms with E-state index in [0.717, 1.165) is 21.1 Å². The Labute approximate surface area is 78.8 Å². The largest absolute Gasteiger partial charge is 0.155 e. The van der Waals surface area contributed by atoms with Crippen LogP contribution in [-0.4, -0.2) is 10.2 Å². The van der Waals surface area contributed by atoms with Crippen molar-refractivity contribution in [1.29, 1.82) is 0 Å². The molecule has 2 aromatic rings. The Morgan fingerprint density at radius 1 is 1.25 bits per heavy atom. The molecule has 0 aliphatic rings. The van der Waals surface area contributed by atoms with E-state index in [0.29, 0.717) is 0 Å². The molecule has 60 valence electrons. The van der Waals surface area contributed by atoms with Gasteiger partial charge in [-0.2, -0.15) is 10.2 Å². The summed E-state index contributed by atoms with van der Waals surface area (Å²) in [7, 11) is 0. The van der Waals surface area contributed by atoms with E-state index in [2.05, 4.69) is 26.1 Å². The number of halogens is 1. The lowest BCUT2D eigenvalue weighted by atomic mass is 10.2. The summed E-state index contributed by atoms with van der Waals surface area (Å²) in [6, 6.07) is 7.93. The van der Waals surface area contributed by atoms with Gasteiger partial charge in [0.15, 0.2) is 0 Å². The number of hydrogen-bond donors (Lipinski definition) is 0. The number of aromatic nitrogens is 2. The zero-order valence-electron chi connectivity index (χ0n) is 6.58. The molecule has 0 unspecified atom stereocenters. The Balaban J connectivity index is 2.88. The highest BCUT2D eigenvalue weighted by molar-refractivity contribution is 9.10. The fourth-order valence-electron chi connectivity index (χ4n) is 1.13. The summed E-state index contributed by atoms with van der Waals surface area (Å²) >= 11 is 3.46. The van der Waals surface area contributed by atoms with Crippen LogP contribution >= 0.6 is 15.9 Å². The average Bonchev–Trinajstić information content (AvgIpc) is 2.07. The summed E-state index contributed by atoms with van der Waals surface area (Å²) in [5.41, 5.74) is 1.87. The third-order valence-corrected chi connectivity index (χ3v) is 2.39. The number of nitrogens with zero attached hydrogens (tertiary/aromatic N) is 2. The topological polar surface area (TPSA) is 25.8 Å². The molecule has 0 fully saturated rings. The standard InChI is InChI=1S/C9H7BrN2/c1-6-5-7-8(10)3-2-4-9(7)12-11-6/h2-5H,1H3. The van der Waals surface area contributed by atoms with Crippen molar-refractivity contribution < 1.29 is 0 Å². The smallest absolute Gasteiger partial charge is 0.0941 e. The maximum Gasteiger partial charge on any atom is 0.0941 e. The minimum absolute atomic E-state index is 0.926. The summed E-state index contributed by atoms with van der Waals surface area (Å²) in [5.74, 6) is 0. The molecule has 0 saturated heterocycles. The predicted octanol–water partition coefficient (Wildman–Crippen LogP) is 2.70. The van der Waals surface area contributed by atoms with E-state index in [1.54, 1.807) is 0 Å². The van der Waals surface area contributed by atoms with Gasteiger partial charge in [-0.25, -0.2) is 0 Å². The van der Waals surface area contributed by atoms with E-state index in [-0.39, 0.29) is 0 Å². The minimum Gasteiger partial charge on any atom is -0.155 e. The molecule has 0 amide bonds. The van der Waals surface area contributed by atoms with E-state index in [9.17, 15) is 0 Å². The molecule has 0 bridgehead atoms. The normalized spacial score (nSPS) is 10.5. The Kier molecular flexibility index (Phi) is 1.81. The van der Waals surface area contributed by atoms with Crippen molar-refractivity contribution in [3.8, 4) is 0 Å². The summed E-state index contributed by atoms with van der Waals surface area (Å²) in [4.78, 5) is 0. The molecule has 0 aliphatic heterocycles. The second-order valence-corrected chi connectivity index (χ2v) is 3.51. The van der Waals surface area contributed by atoms with E-state index < -0.39 is 0 Å². The van der Waals surface area contributed by atoms with Crippen LogP contribution < -0.4 is 0 Å². The molecule has 12 heavy (non-hydrogen) atoms. The molecule has 0 N–H and O–H groups in total. The van der Waals surface area contributed by atoms with Crippen molar-refractivity contribution in [3.05, 3.63) is 34.4 Å². The molecular formula is C9H7BrN2. The molecule has 2 rings (SSSR count). The molecular weight excluding hydrogens is 216 g/mol. The van der Waals surface area contributed by atoms with E-state index >= 15 is 0 Å². The highest BCUT2D eigenvalue weighted by Crippen LogP contribution is 2.21. The molecule has 1 aromatic heterocycles. The molecule has 3 heteroatoms. The maximum atomic E-state index is 4.06. The van der Waals surface area contributed by atoms with Gasteiger partial charge in [-0.15, -0.1) is 0 Å². The molecule has 0 radical (unpaired) electrons. The van der Waals surface area contributed by atoms with Crippen LogP contribution in [0.3, 0.4) is 0 Å². The zero-order chi connectivity index (χ0) is 8.55. The van der Waals surface area contributed by atoms with Gasteiger partial charge in [0, 0.05) is 9.86 Å². The van der Waals surface area contributed by atoms with Crippen molar-refractivity contribution >= 4 is 26.8 Å². The fraction of sp³-hybridized carbons (Fsp3) is 0.111. The summed E-state index contributed by atoms with van der Waals surface area (Å²) in [5, 5.41) is 9.15. The van der Waals surface area contributed by atoms with Crippen LogP contribution in [-0.2, 0) is 0 Å². The lowest BCUT2D eigenvalue weighted by molar-refractivity contribution is 1.02. The number of aryl methyl sites for hydroxylation is 1. The zero-order valence-corrected chi connectivity index (χ0v) is 8.17. The van der Waals surface area contributed by atoms with Crippen LogP contribution in [0.15, 0.2) is 28.7 Å². The molecule has 1 aromatic carbocycles. The Morgan fingerprint density at radius 2 is 2.08 bits per heavy atom. The Morgan fingerprint density at radius 3 is 2.92 bits per heavy atom. The molecule has 0 saturated carbocycles. The van der Waals surface area contributed by atoms with Crippen LogP contribution in [0.25, 0.3) is 10.9 Å². The molecule has 0 aliphatic carbocycles. The monoisotopic (exact) mass is 222 g/mol. The van der Waals surface area contributed by atoms with Gasteiger partial charge in [0.25, 0.3) is 0 Å². The lowest BCUT2D eigenvalue weighted by Crippen LogP contribution is -1.87. The second-order valence-electron chi connectivity index (χ2n) is 2.66. The quantitative estimate of drug-likeness (QED) is 0.686. The Bertz CT molecular complexity index is 426. The lowest BCUT2D eigenvalue weighted by Gasteiger charge is -1.98. The Hall–Kier alpha value is -0.960. The van der Waals surface area contributed by atoms with Crippen LogP contribution in [0, 0.1) is 6.92 Å². The SMILES string of the molecule is Cc1cc2c(Br)cccc2nn1. The van der Waals surface area contributed by atoms with Gasteiger partial charge in [-0.1, -0.05) is 22.0 Å². The van der Waals surface area contributed by atoms with Crippen LogP contribution in [0.4, 0.5) is 0 Å². The van der Waals surface area contributed by atoms with Gasteiger partial charge in [-0.05, 0) is 25.1 Å². The van der Waals surface area contributed by atoms with Crippen molar-refractivity contribution in [1.82, 2.24) is 10.2 Å². The number of rotatable bonds is 0. The third kappa shape index (κ3) is 1.20. The highest BCUT2D eigenvalue weighted by Gasteiger charge is 1.98. The average molecular weight is 223 g/mol. The van der Waals surface area contributed by atoms with Crippen molar-refractivity contribution in [2.75, 3.05) is 0 Å². The highest BCUT2D eigenvalue weighted by atomic mass is 79.9. The molecule has 0 atom stereocenters. The van der Waals surface area contributed by atoms with E-state index in [1.165, 1.54) is 0 Å². The van der Waals surface area contributed by atoms with E-state index in [4.69, 9.17) is 0 Å². The van der Waals surface area contributed by atoms with Crippen LogP contribution in [0.5, 0.6) is 0 Å². The van der Waals surface area contributed by atoms with Gasteiger partial charge in [0.2, 0.25) is 0 Å². The number of benzene rings is 1. The fourth-order valence-corrected chi connectivity index (χ4v) is 1.60. The summed E-state index contributed by atoms with van der Waals surface area (Å²) in [6.07, 6.45) is 0. The van der Waals surface area contributed by atoms with Crippen molar-refractivity contribution in [2.24, 2.45) is 0 Å². The van der Waals surface area contributed by atoms with Gasteiger partial charge in [0.1, 0.15) is 0 Å². The van der Waals surface area contributed by atoms with Crippen molar-refractivity contribution in [2.45, 2.75) is 6.92 Å². The first-order valence-electron chi connectivity index (χ1n) is 3.66. The first-order chi connectivity index (χ1) is 5.77. The van der Waals surface area contributed by atoms with Crippen LogP contribution in [0.2, 0.25) is 0 Å². The molecule has 1 heterocycles. The number of fused-ring (bicyclic) bond motifs is 1. The minimum atomic E-state index is 0.926. The maximum absolute atomic E-state index is 4.06. The molecule has 0 spiro atoms. The van der Waals surface area contributed by atoms with Gasteiger partial charge < -0.3 is 0 Å². The first-order valence-corrected chi connectivity index (χ1v) is 4.45. The third-order valence-electron chi connectivity index (χ3n) is 1.70. The summed E-state index contributed by atoms with van der Waals surface area (Å²) in [6.45, 7) is 1.94. The first kappa shape index (κ1) is 7.68. The number of hydrogen-bond acceptors (Lipinski definition) is 2. The van der Waals surface area contributed by atoms with Crippen molar-refractivity contribution in [3.63, 3.8) is 0 Å².